The number of hydrogen-bond acceptors (Lipinski definition) is 3. The fourth-order valence-corrected chi connectivity index (χ4v) is 7.51. The topological polar surface area (TPSA) is 81.2 Å². The summed E-state index contributed by atoms with van der Waals surface area (Å²) in [6, 6.07) is 57.7. The van der Waals surface area contributed by atoms with Gasteiger partial charge in [-0.3, -0.25) is 0 Å². The standard InChI is InChI=1S/C45H25N5/c46-26-29-20-23-43-39(24-29)37-15-5-8-19-42(37)50(43)45-32(28-48)10-9-16-38(45)34-12-2-1-11-33(34)30-21-22-31(27-47)44(25-30)49-40-17-6-3-13-35(40)36-14-4-7-18-41(36)49/h1-25H. The highest BCUT2D eigenvalue weighted by molar-refractivity contribution is 6.11. The Bertz CT molecular complexity index is 2920. The van der Waals surface area contributed by atoms with E-state index in [9.17, 15) is 15.8 Å². The van der Waals surface area contributed by atoms with Crippen LogP contribution < -0.4 is 0 Å². The predicted molar refractivity (Wildman–Crippen MR) is 200 cm³/mol. The molecule has 0 saturated carbocycles. The summed E-state index contributed by atoms with van der Waals surface area (Å²) in [4.78, 5) is 0. The van der Waals surface area contributed by atoms with Crippen LogP contribution in [0.2, 0.25) is 0 Å². The summed E-state index contributed by atoms with van der Waals surface area (Å²) in [6.07, 6.45) is 0. The van der Waals surface area contributed by atoms with Crippen LogP contribution in [0.5, 0.6) is 0 Å². The predicted octanol–water partition coefficient (Wildman–Crippen LogP) is 10.8. The molecule has 0 aliphatic carbocycles. The summed E-state index contributed by atoms with van der Waals surface area (Å²) in [7, 11) is 0. The van der Waals surface area contributed by atoms with E-state index in [0.717, 1.165) is 77.2 Å². The van der Waals surface area contributed by atoms with Gasteiger partial charge in [0.05, 0.1) is 56.2 Å². The van der Waals surface area contributed by atoms with Crippen LogP contribution in [0.15, 0.2) is 152 Å². The highest BCUT2D eigenvalue weighted by atomic mass is 15.0. The van der Waals surface area contributed by atoms with Gasteiger partial charge in [-0.1, -0.05) is 97.1 Å². The number of benzene rings is 7. The number of nitrogens with zero attached hydrogens (tertiary/aromatic N) is 5. The van der Waals surface area contributed by atoms with Gasteiger partial charge in [0.25, 0.3) is 0 Å². The first-order chi connectivity index (χ1) is 24.7. The van der Waals surface area contributed by atoms with Crippen molar-refractivity contribution in [3.63, 3.8) is 0 Å². The number of aromatic nitrogens is 2. The number of fused-ring (bicyclic) bond motifs is 6. The molecular formula is C45H25N5. The monoisotopic (exact) mass is 635 g/mol. The van der Waals surface area contributed by atoms with Crippen molar-refractivity contribution < 1.29 is 0 Å². The van der Waals surface area contributed by atoms with E-state index in [2.05, 4.69) is 88.0 Å². The molecule has 0 fully saturated rings. The molecule has 0 aliphatic heterocycles. The van der Waals surface area contributed by atoms with Crippen LogP contribution in [-0.2, 0) is 0 Å². The third-order valence-electron chi connectivity index (χ3n) is 9.65. The lowest BCUT2D eigenvalue weighted by Gasteiger charge is -2.19. The van der Waals surface area contributed by atoms with Crippen LogP contribution >= 0.6 is 0 Å². The van der Waals surface area contributed by atoms with Crippen molar-refractivity contribution in [2.75, 3.05) is 0 Å². The SMILES string of the molecule is N#Cc1ccc2c(c1)c1ccccc1n2-c1c(C#N)cccc1-c1ccccc1-c1ccc(C#N)c(-n2c3ccccc3c3ccccc32)c1. The van der Waals surface area contributed by atoms with Gasteiger partial charge in [-0.05, 0) is 71.3 Å². The Labute approximate surface area is 287 Å². The Hall–Kier alpha value is -7.39. The first-order valence-electron chi connectivity index (χ1n) is 16.3. The summed E-state index contributed by atoms with van der Waals surface area (Å²) in [6.45, 7) is 0. The van der Waals surface area contributed by atoms with E-state index in [1.807, 2.05) is 91.0 Å². The Morgan fingerprint density at radius 2 is 0.940 bits per heavy atom. The molecule has 5 nitrogen and oxygen atoms in total. The van der Waals surface area contributed by atoms with Crippen molar-refractivity contribution in [2.45, 2.75) is 0 Å². The zero-order valence-electron chi connectivity index (χ0n) is 26.7. The molecule has 5 heteroatoms. The van der Waals surface area contributed by atoms with E-state index in [-0.39, 0.29) is 0 Å². The van der Waals surface area contributed by atoms with Crippen LogP contribution in [0, 0.1) is 34.0 Å². The van der Waals surface area contributed by atoms with E-state index in [1.165, 1.54) is 0 Å². The molecule has 9 aromatic rings. The van der Waals surface area contributed by atoms with Crippen molar-refractivity contribution in [3.8, 4) is 51.8 Å². The molecule has 7 aromatic carbocycles. The van der Waals surface area contributed by atoms with Crippen LogP contribution in [0.1, 0.15) is 16.7 Å². The van der Waals surface area contributed by atoms with E-state index in [1.54, 1.807) is 0 Å². The summed E-state index contributed by atoms with van der Waals surface area (Å²) < 4.78 is 4.34. The van der Waals surface area contributed by atoms with E-state index in [4.69, 9.17) is 0 Å². The molecule has 0 saturated heterocycles. The average Bonchev–Trinajstić information content (AvgIpc) is 3.69. The van der Waals surface area contributed by atoms with Crippen molar-refractivity contribution in [1.82, 2.24) is 9.13 Å². The van der Waals surface area contributed by atoms with Gasteiger partial charge in [-0.15, -0.1) is 0 Å². The summed E-state index contributed by atoms with van der Waals surface area (Å²) in [5.41, 5.74) is 11.0. The van der Waals surface area contributed by atoms with Gasteiger partial charge in [0.15, 0.2) is 0 Å². The third kappa shape index (κ3) is 4.24. The molecule has 0 amide bonds. The molecule has 50 heavy (non-hydrogen) atoms. The minimum absolute atomic E-state index is 0.537. The normalized spacial score (nSPS) is 11.1. The molecule has 0 unspecified atom stereocenters. The van der Waals surface area contributed by atoms with Gasteiger partial charge in [-0.2, -0.15) is 15.8 Å². The van der Waals surface area contributed by atoms with Crippen LogP contribution in [0.3, 0.4) is 0 Å². The zero-order chi connectivity index (χ0) is 33.8. The minimum Gasteiger partial charge on any atom is -0.308 e. The van der Waals surface area contributed by atoms with Gasteiger partial charge in [0.1, 0.15) is 12.1 Å². The second-order valence-corrected chi connectivity index (χ2v) is 12.3. The first kappa shape index (κ1) is 28.8. The maximum atomic E-state index is 10.5. The molecule has 230 valence electrons. The lowest BCUT2D eigenvalue weighted by atomic mass is 9.91. The fraction of sp³-hybridized carbons (Fsp3) is 0. The Kier molecular flexibility index (Phi) is 6.56. The molecule has 0 atom stereocenters. The molecule has 2 heterocycles. The Morgan fingerprint density at radius 3 is 1.60 bits per heavy atom. The third-order valence-corrected chi connectivity index (χ3v) is 9.65. The van der Waals surface area contributed by atoms with Gasteiger partial charge in [0.2, 0.25) is 0 Å². The lowest BCUT2D eigenvalue weighted by Crippen LogP contribution is -2.02. The first-order valence-corrected chi connectivity index (χ1v) is 16.3. The molecule has 0 spiro atoms. The molecular weight excluding hydrogens is 611 g/mol. The van der Waals surface area contributed by atoms with Gasteiger partial charge in [-0.25, -0.2) is 0 Å². The van der Waals surface area contributed by atoms with Crippen molar-refractivity contribution in [3.05, 3.63) is 168 Å². The van der Waals surface area contributed by atoms with E-state index >= 15 is 0 Å². The molecule has 9 rings (SSSR count). The molecule has 0 radical (unpaired) electrons. The molecule has 0 bridgehead atoms. The van der Waals surface area contributed by atoms with E-state index in [0.29, 0.717) is 16.7 Å². The highest BCUT2D eigenvalue weighted by Crippen LogP contribution is 2.42. The molecule has 0 N–H and O–H groups in total. The summed E-state index contributed by atoms with van der Waals surface area (Å²) in [5.74, 6) is 0. The zero-order valence-corrected chi connectivity index (χ0v) is 26.7. The summed E-state index contributed by atoms with van der Waals surface area (Å²) in [5, 5.41) is 34.8. The van der Waals surface area contributed by atoms with Crippen molar-refractivity contribution >= 4 is 43.6 Å². The molecule has 2 aromatic heterocycles. The van der Waals surface area contributed by atoms with Crippen molar-refractivity contribution in [2.24, 2.45) is 0 Å². The summed E-state index contributed by atoms with van der Waals surface area (Å²) >= 11 is 0. The maximum absolute atomic E-state index is 10.5. The number of para-hydroxylation sites is 4. The van der Waals surface area contributed by atoms with Crippen LogP contribution in [-0.4, -0.2) is 9.13 Å². The largest absolute Gasteiger partial charge is 0.308 e. The van der Waals surface area contributed by atoms with Crippen LogP contribution in [0.4, 0.5) is 0 Å². The van der Waals surface area contributed by atoms with E-state index < -0.39 is 0 Å². The Balaban J connectivity index is 1.32. The smallest absolute Gasteiger partial charge is 0.101 e. The van der Waals surface area contributed by atoms with Gasteiger partial charge >= 0.3 is 0 Å². The lowest BCUT2D eigenvalue weighted by molar-refractivity contribution is 1.17. The van der Waals surface area contributed by atoms with Gasteiger partial charge < -0.3 is 9.13 Å². The fourth-order valence-electron chi connectivity index (χ4n) is 7.51. The highest BCUT2D eigenvalue weighted by Gasteiger charge is 2.22. The quantitative estimate of drug-likeness (QED) is 0.193. The van der Waals surface area contributed by atoms with Crippen molar-refractivity contribution in [1.29, 1.82) is 15.8 Å². The number of rotatable bonds is 4. The van der Waals surface area contributed by atoms with Gasteiger partial charge in [0, 0.05) is 27.1 Å². The second kappa shape index (κ2) is 11.4. The minimum atomic E-state index is 0.537. The molecule has 0 aliphatic rings. The number of hydrogen-bond donors (Lipinski definition) is 0. The maximum Gasteiger partial charge on any atom is 0.101 e. The number of nitriles is 3. The Morgan fingerprint density at radius 1 is 0.380 bits per heavy atom. The average molecular weight is 636 g/mol. The van der Waals surface area contributed by atoms with Crippen LogP contribution in [0.25, 0.3) is 77.2 Å². The second-order valence-electron chi connectivity index (χ2n) is 12.3.